The Morgan fingerprint density at radius 2 is 1.40 bits per heavy atom. The molecule has 132 valence electrons. The number of rotatable bonds is 4. The van der Waals surface area contributed by atoms with Crippen molar-refractivity contribution >= 4 is 46.4 Å². The number of hydrogen-bond acceptors (Lipinski definition) is 2. The van der Waals surface area contributed by atoms with Crippen molar-refractivity contribution in [3.05, 3.63) is 58.1 Å². The summed E-state index contributed by atoms with van der Waals surface area (Å²) in [6.45, 7) is 0. The van der Waals surface area contributed by atoms with Crippen LogP contribution in [0.2, 0.25) is 10.0 Å². The molecule has 0 unspecified atom stereocenters. The molecule has 0 atom stereocenters. The van der Waals surface area contributed by atoms with Crippen molar-refractivity contribution in [1.29, 1.82) is 0 Å². The predicted octanol–water partition coefficient (Wildman–Crippen LogP) is 4.98. The first-order chi connectivity index (χ1) is 11.6. The van der Waals surface area contributed by atoms with Gasteiger partial charge in [0.15, 0.2) is 0 Å². The number of benzene rings is 2. The first-order valence-corrected chi connectivity index (χ1v) is 7.63. The van der Waals surface area contributed by atoms with E-state index in [9.17, 15) is 22.8 Å². The lowest BCUT2D eigenvalue weighted by Crippen LogP contribution is -2.21. The van der Waals surface area contributed by atoms with Crippen LogP contribution >= 0.6 is 23.2 Å². The Kier molecular flexibility index (Phi) is 5.92. The maximum atomic E-state index is 12.8. The zero-order chi connectivity index (χ0) is 18.6. The second kappa shape index (κ2) is 7.76. The Labute approximate surface area is 150 Å². The molecule has 0 aliphatic rings. The van der Waals surface area contributed by atoms with Crippen molar-refractivity contribution < 1.29 is 22.8 Å². The van der Waals surface area contributed by atoms with Crippen molar-refractivity contribution in [3.8, 4) is 0 Å². The van der Waals surface area contributed by atoms with E-state index in [1.165, 1.54) is 6.07 Å². The summed E-state index contributed by atoms with van der Waals surface area (Å²) < 4.78 is 38.3. The van der Waals surface area contributed by atoms with E-state index < -0.39 is 35.0 Å². The Morgan fingerprint density at radius 3 is 1.96 bits per heavy atom. The van der Waals surface area contributed by atoms with Crippen LogP contribution in [-0.2, 0) is 15.8 Å². The van der Waals surface area contributed by atoms with E-state index in [1.54, 1.807) is 24.3 Å². The minimum atomic E-state index is -4.65. The zero-order valence-electron chi connectivity index (χ0n) is 12.5. The van der Waals surface area contributed by atoms with E-state index in [1.807, 2.05) is 0 Å². The van der Waals surface area contributed by atoms with Crippen LogP contribution in [0.15, 0.2) is 42.5 Å². The first kappa shape index (κ1) is 19.1. The third kappa shape index (κ3) is 5.65. The average molecular weight is 391 g/mol. The fourth-order valence-corrected chi connectivity index (χ4v) is 2.26. The van der Waals surface area contributed by atoms with Crippen LogP contribution in [0, 0.1) is 0 Å². The lowest BCUT2D eigenvalue weighted by atomic mass is 10.2. The van der Waals surface area contributed by atoms with Gasteiger partial charge in [-0.05, 0) is 42.5 Å². The Bertz CT molecular complexity index is 793. The van der Waals surface area contributed by atoms with Crippen molar-refractivity contribution in [2.24, 2.45) is 0 Å². The highest BCUT2D eigenvalue weighted by Crippen LogP contribution is 2.36. The molecule has 0 bridgehead atoms. The number of carbonyl (C=O) groups excluding carboxylic acids is 2. The number of anilines is 2. The van der Waals surface area contributed by atoms with Crippen LogP contribution in [0.5, 0.6) is 0 Å². The van der Waals surface area contributed by atoms with Crippen LogP contribution < -0.4 is 10.6 Å². The van der Waals surface area contributed by atoms with Gasteiger partial charge in [-0.1, -0.05) is 23.2 Å². The minimum Gasteiger partial charge on any atom is -0.326 e. The third-order valence-electron chi connectivity index (χ3n) is 3.00. The molecule has 4 nitrogen and oxygen atoms in total. The summed E-state index contributed by atoms with van der Waals surface area (Å²) in [4.78, 5) is 23.6. The van der Waals surface area contributed by atoms with Gasteiger partial charge in [0.05, 0.1) is 10.6 Å². The number of alkyl halides is 3. The molecule has 2 aromatic carbocycles. The molecule has 2 amide bonds. The molecule has 2 rings (SSSR count). The van der Waals surface area contributed by atoms with Crippen molar-refractivity contribution in [2.45, 2.75) is 12.6 Å². The largest absolute Gasteiger partial charge is 0.417 e. The van der Waals surface area contributed by atoms with Gasteiger partial charge in [-0.2, -0.15) is 13.2 Å². The Morgan fingerprint density at radius 1 is 0.880 bits per heavy atom. The van der Waals surface area contributed by atoms with E-state index in [4.69, 9.17) is 23.2 Å². The molecule has 0 radical (unpaired) electrons. The van der Waals surface area contributed by atoms with Crippen LogP contribution in [0.25, 0.3) is 0 Å². The van der Waals surface area contributed by atoms with Crippen LogP contribution in [0.4, 0.5) is 24.5 Å². The minimum absolute atomic E-state index is 0.110. The van der Waals surface area contributed by atoms with Gasteiger partial charge < -0.3 is 10.6 Å². The van der Waals surface area contributed by atoms with Crippen LogP contribution in [0.1, 0.15) is 12.0 Å². The second-order valence-corrected chi connectivity index (χ2v) is 5.82. The lowest BCUT2D eigenvalue weighted by molar-refractivity contribution is -0.137. The standard InChI is InChI=1S/C16H11Cl2F3N2O2/c17-9-1-3-10(4-2-9)22-14(24)8-15(25)23-11-5-6-13(18)12(7-11)16(19,20)21/h1-7H,8H2,(H,22,24)(H,23,25). The molecule has 0 aliphatic heterocycles. The Balaban J connectivity index is 1.98. The van der Waals surface area contributed by atoms with Crippen LogP contribution in [0.3, 0.4) is 0 Å². The number of hydrogen-bond donors (Lipinski definition) is 2. The molecule has 0 saturated carbocycles. The van der Waals surface area contributed by atoms with Gasteiger partial charge in [-0.3, -0.25) is 9.59 Å². The first-order valence-electron chi connectivity index (χ1n) is 6.87. The third-order valence-corrected chi connectivity index (χ3v) is 3.59. The quantitative estimate of drug-likeness (QED) is 0.723. The molecule has 0 fully saturated rings. The Hall–Kier alpha value is -2.25. The van der Waals surface area contributed by atoms with Crippen molar-refractivity contribution in [1.82, 2.24) is 0 Å². The molecule has 0 saturated heterocycles. The topological polar surface area (TPSA) is 58.2 Å². The SMILES string of the molecule is O=C(CC(=O)Nc1ccc(Cl)c(C(F)(F)F)c1)Nc1ccc(Cl)cc1. The maximum absolute atomic E-state index is 12.8. The van der Waals surface area contributed by atoms with E-state index in [2.05, 4.69) is 10.6 Å². The van der Waals surface area contributed by atoms with Gasteiger partial charge in [0.25, 0.3) is 0 Å². The molecule has 25 heavy (non-hydrogen) atoms. The highest BCUT2D eigenvalue weighted by molar-refractivity contribution is 6.31. The fraction of sp³-hybridized carbons (Fsp3) is 0.125. The highest BCUT2D eigenvalue weighted by Gasteiger charge is 2.33. The molecular formula is C16H11Cl2F3N2O2. The molecular weight excluding hydrogens is 380 g/mol. The maximum Gasteiger partial charge on any atom is 0.417 e. The number of carbonyl (C=O) groups is 2. The summed E-state index contributed by atoms with van der Waals surface area (Å²) >= 11 is 11.2. The van der Waals surface area contributed by atoms with Crippen molar-refractivity contribution in [2.75, 3.05) is 10.6 Å². The molecule has 9 heteroatoms. The summed E-state index contributed by atoms with van der Waals surface area (Å²) in [5, 5.41) is 4.70. The summed E-state index contributed by atoms with van der Waals surface area (Å²) in [5.74, 6) is -1.38. The van der Waals surface area contributed by atoms with Gasteiger partial charge in [0, 0.05) is 16.4 Å². The summed E-state index contributed by atoms with van der Waals surface area (Å²) in [6.07, 6.45) is -5.21. The normalized spacial score (nSPS) is 11.1. The monoisotopic (exact) mass is 390 g/mol. The number of nitrogens with one attached hydrogen (secondary N) is 2. The molecule has 2 N–H and O–H groups in total. The number of halogens is 5. The molecule has 0 spiro atoms. The summed E-state index contributed by atoms with van der Waals surface area (Å²) in [5.41, 5.74) is -0.744. The summed E-state index contributed by atoms with van der Waals surface area (Å²) in [6, 6.07) is 9.16. The zero-order valence-corrected chi connectivity index (χ0v) is 14.0. The molecule has 2 aromatic rings. The van der Waals surface area contributed by atoms with Gasteiger partial charge in [-0.25, -0.2) is 0 Å². The van der Waals surface area contributed by atoms with E-state index in [-0.39, 0.29) is 5.69 Å². The lowest BCUT2D eigenvalue weighted by Gasteiger charge is -2.12. The van der Waals surface area contributed by atoms with Gasteiger partial charge >= 0.3 is 6.18 Å². The molecule has 0 aromatic heterocycles. The molecule has 0 heterocycles. The van der Waals surface area contributed by atoms with E-state index >= 15 is 0 Å². The van der Waals surface area contributed by atoms with E-state index in [0.717, 1.165) is 6.07 Å². The van der Waals surface area contributed by atoms with Gasteiger partial charge in [0.1, 0.15) is 6.42 Å². The van der Waals surface area contributed by atoms with Gasteiger partial charge in [-0.15, -0.1) is 0 Å². The van der Waals surface area contributed by atoms with E-state index in [0.29, 0.717) is 16.8 Å². The number of amides is 2. The van der Waals surface area contributed by atoms with Crippen LogP contribution in [-0.4, -0.2) is 11.8 Å². The van der Waals surface area contributed by atoms with Gasteiger partial charge in [0.2, 0.25) is 11.8 Å². The highest BCUT2D eigenvalue weighted by atomic mass is 35.5. The smallest absolute Gasteiger partial charge is 0.326 e. The van der Waals surface area contributed by atoms with Crippen molar-refractivity contribution in [3.63, 3.8) is 0 Å². The molecule has 0 aliphatic carbocycles. The second-order valence-electron chi connectivity index (χ2n) is 4.97. The average Bonchev–Trinajstić information content (AvgIpc) is 2.50. The fourth-order valence-electron chi connectivity index (χ4n) is 1.91. The summed E-state index contributed by atoms with van der Waals surface area (Å²) in [7, 11) is 0. The predicted molar refractivity (Wildman–Crippen MR) is 89.8 cm³/mol.